The number of nitrogens with one attached hydrogen (secondary N) is 1. The molecule has 0 radical (unpaired) electrons. The van der Waals surface area contributed by atoms with Crippen LogP contribution in [-0.4, -0.2) is 65.8 Å². The molecule has 0 heterocycles. The number of amides is 1. The second kappa shape index (κ2) is 23.6. The summed E-state index contributed by atoms with van der Waals surface area (Å²) in [6.45, 7) is 3.38. The van der Waals surface area contributed by atoms with E-state index in [1.165, 1.54) is 32.4 Å². The van der Waals surface area contributed by atoms with E-state index in [4.69, 9.17) is 9.47 Å². The van der Waals surface area contributed by atoms with Crippen LogP contribution in [0, 0.1) is 17.8 Å². The van der Waals surface area contributed by atoms with Gasteiger partial charge in [-0.3, -0.25) is 9.59 Å². The third-order valence-electron chi connectivity index (χ3n) is 7.76. The van der Waals surface area contributed by atoms with Gasteiger partial charge < -0.3 is 34.9 Å². The molecule has 0 saturated heterocycles. The first-order valence-electron chi connectivity index (χ1n) is 16.3. The summed E-state index contributed by atoms with van der Waals surface area (Å²) < 4.78 is 10.4. The lowest BCUT2D eigenvalue weighted by molar-refractivity contribution is -0.327. The van der Waals surface area contributed by atoms with Crippen molar-refractivity contribution in [2.75, 3.05) is 20.3 Å². The molecule has 1 aromatic carbocycles. The Morgan fingerprint density at radius 1 is 1.00 bits per heavy atom. The fourth-order valence-corrected chi connectivity index (χ4v) is 4.99. The number of esters is 1. The summed E-state index contributed by atoms with van der Waals surface area (Å²) in [4.78, 5) is 50.1. The first kappa shape index (κ1) is 40.3. The number of aliphatic hydroxyl groups is 2. The molecule has 0 aliphatic heterocycles. The molecular formula is C36H52NO9-. The number of hydrogen-bond donors (Lipinski definition) is 3. The second-order valence-corrected chi connectivity index (χ2v) is 11.4. The minimum Gasteiger partial charge on any atom is -0.547 e. The normalized spacial score (nSPS) is 13.6. The van der Waals surface area contributed by atoms with Gasteiger partial charge in [0.2, 0.25) is 5.91 Å². The molecule has 0 saturated carbocycles. The average molecular weight is 643 g/mol. The molecule has 10 nitrogen and oxygen atoms in total. The molecule has 3 atom stereocenters. The van der Waals surface area contributed by atoms with Gasteiger partial charge in [0.05, 0.1) is 19.0 Å². The SMILES string of the molecule is CC#CCOc1ccc(C[C@H](NC(=O)[C@@H](/C=C/CCCCCCC(=O)CCCCCCC)[C@@](O)(CCO)C(=O)[O-])C(=O)OC)cc1. The Bertz CT molecular complexity index is 1150. The number of Topliss-reactive ketones (excluding diaryl/α,β-unsaturated/α-hetero) is 1. The van der Waals surface area contributed by atoms with Crippen molar-refractivity contribution < 1.29 is 44.0 Å². The van der Waals surface area contributed by atoms with Crippen LogP contribution < -0.4 is 15.2 Å². The van der Waals surface area contributed by atoms with Gasteiger partial charge in [0.15, 0.2) is 0 Å². The van der Waals surface area contributed by atoms with Crippen molar-refractivity contribution in [2.24, 2.45) is 5.92 Å². The highest BCUT2D eigenvalue weighted by Crippen LogP contribution is 2.25. The zero-order valence-electron chi connectivity index (χ0n) is 27.7. The Balaban J connectivity index is 2.82. The largest absolute Gasteiger partial charge is 0.547 e. The monoisotopic (exact) mass is 642 g/mol. The molecule has 1 rings (SSSR count). The number of benzene rings is 1. The van der Waals surface area contributed by atoms with Crippen LogP contribution >= 0.6 is 0 Å². The van der Waals surface area contributed by atoms with E-state index in [9.17, 15) is 34.5 Å². The van der Waals surface area contributed by atoms with Gasteiger partial charge in [-0.1, -0.05) is 75.7 Å². The average Bonchev–Trinajstić information content (AvgIpc) is 3.04. The Labute approximate surface area is 273 Å². The number of ether oxygens (including phenoxy) is 2. The van der Waals surface area contributed by atoms with Gasteiger partial charge in [0.1, 0.15) is 29.8 Å². The number of carbonyl (C=O) groups excluding carboxylic acids is 4. The molecule has 0 aromatic heterocycles. The standard InChI is InChI=1S/C36H53NO9/c1-4-6-8-11-14-17-29(39)18-15-12-9-10-13-16-19-31(36(44,24-25-38)35(42)43)33(40)37-32(34(41)45-3)27-28-20-22-30(23-21-28)46-26-7-5-2/h16,19-23,31-32,38,44H,4,6,8-15,17-18,24-27H2,1-3H3,(H,37,40)(H,42,43)/p-1/b19-16+/t31-,32+,36+/m1/s1. The van der Waals surface area contributed by atoms with Gasteiger partial charge in [-0.2, -0.15) is 0 Å². The Morgan fingerprint density at radius 3 is 2.20 bits per heavy atom. The summed E-state index contributed by atoms with van der Waals surface area (Å²) in [5, 5.41) is 34.9. The third-order valence-corrected chi connectivity index (χ3v) is 7.76. The maximum atomic E-state index is 13.4. The number of unbranched alkanes of at least 4 members (excludes halogenated alkanes) is 8. The van der Waals surface area contributed by atoms with Gasteiger partial charge in [0, 0.05) is 32.3 Å². The lowest BCUT2D eigenvalue weighted by atomic mass is 9.83. The number of carboxylic acid groups (broad SMARTS) is 1. The first-order chi connectivity index (χ1) is 22.1. The molecule has 46 heavy (non-hydrogen) atoms. The van der Waals surface area contributed by atoms with E-state index in [2.05, 4.69) is 24.1 Å². The lowest BCUT2D eigenvalue weighted by Gasteiger charge is -2.35. The van der Waals surface area contributed by atoms with Crippen molar-refractivity contribution in [3.63, 3.8) is 0 Å². The van der Waals surface area contributed by atoms with Crippen molar-refractivity contribution in [2.45, 2.75) is 115 Å². The smallest absolute Gasteiger partial charge is 0.328 e. The van der Waals surface area contributed by atoms with Gasteiger partial charge in [-0.05, 0) is 50.3 Å². The number of aliphatic hydroxyl groups excluding tert-OH is 1. The van der Waals surface area contributed by atoms with Crippen molar-refractivity contribution >= 4 is 23.6 Å². The van der Waals surface area contributed by atoms with Crippen molar-refractivity contribution in [1.82, 2.24) is 5.32 Å². The van der Waals surface area contributed by atoms with Crippen LogP contribution in [0.2, 0.25) is 0 Å². The predicted octanol–water partition coefficient (Wildman–Crippen LogP) is 3.60. The molecule has 0 aliphatic carbocycles. The van der Waals surface area contributed by atoms with Gasteiger partial charge >= 0.3 is 5.97 Å². The van der Waals surface area contributed by atoms with E-state index >= 15 is 0 Å². The number of rotatable bonds is 25. The Kier molecular flexibility index (Phi) is 20.7. The maximum absolute atomic E-state index is 13.4. The minimum atomic E-state index is -2.72. The molecule has 0 fully saturated rings. The fourth-order valence-electron chi connectivity index (χ4n) is 4.99. The molecule has 0 bridgehead atoms. The van der Waals surface area contributed by atoms with E-state index in [0.717, 1.165) is 38.5 Å². The molecular weight excluding hydrogens is 590 g/mol. The summed E-state index contributed by atoms with van der Waals surface area (Å²) in [6, 6.07) is 5.62. The number of allylic oxidation sites excluding steroid dienone is 1. The van der Waals surface area contributed by atoms with Crippen molar-refractivity contribution in [3.8, 4) is 17.6 Å². The molecule has 1 amide bonds. The van der Waals surface area contributed by atoms with Crippen LogP contribution in [0.5, 0.6) is 5.75 Å². The molecule has 0 aliphatic rings. The Morgan fingerprint density at radius 2 is 1.63 bits per heavy atom. The zero-order valence-corrected chi connectivity index (χ0v) is 27.7. The van der Waals surface area contributed by atoms with Crippen LogP contribution in [0.15, 0.2) is 36.4 Å². The quantitative estimate of drug-likeness (QED) is 0.0626. The Hall–Kier alpha value is -3.68. The number of carbonyl (C=O) groups is 4. The second-order valence-electron chi connectivity index (χ2n) is 11.4. The van der Waals surface area contributed by atoms with E-state index in [0.29, 0.717) is 36.4 Å². The molecule has 0 spiro atoms. The first-order valence-corrected chi connectivity index (χ1v) is 16.3. The van der Waals surface area contributed by atoms with Gasteiger partial charge in [-0.25, -0.2) is 4.79 Å². The van der Waals surface area contributed by atoms with E-state index in [1.54, 1.807) is 37.3 Å². The highest BCUT2D eigenvalue weighted by atomic mass is 16.5. The molecule has 10 heteroatoms. The number of ketones is 1. The predicted molar refractivity (Wildman–Crippen MR) is 173 cm³/mol. The molecule has 3 N–H and O–H groups in total. The van der Waals surface area contributed by atoms with E-state index in [1.807, 2.05) is 0 Å². The summed E-state index contributed by atoms with van der Waals surface area (Å²) in [5.74, 6) is 1.13. The lowest BCUT2D eigenvalue weighted by Crippen LogP contribution is -2.59. The van der Waals surface area contributed by atoms with Crippen molar-refractivity contribution in [1.29, 1.82) is 0 Å². The van der Waals surface area contributed by atoms with Crippen molar-refractivity contribution in [3.05, 3.63) is 42.0 Å². The van der Waals surface area contributed by atoms with Crippen LogP contribution in [0.1, 0.15) is 103 Å². The molecule has 1 aromatic rings. The highest BCUT2D eigenvalue weighted by Gasteiger charge is 2.42. The summed E-state index contributed by atoms with van der Waals surface area (Å²) in [7, 11) is 1.17. The minimum absolute atomic E-state index is 0.0228. The summed E-state index contributed by atoms with van der Waals surface area (Å²) in [6.07, 6.45) is 12.8. The topological polar surface area (TPSA) is 162 Å². The number of carboxylic acids is 1. The van der Waals surface area contributed by atoms with E-state index < -0.39 is 48.4 Å². The van der Waals surface area contributed by atoms with Crippen LogP contribution in [0.4, 0.5) is 0 Å². The zero-order chi connectivity index (χ0) is 34.2. The van der Waals surface area contributed by atoms with Crippen LogP contribution in [-0.2, 0) is 30.3 Å². The number of hydrogen-bond acceptors (Lipinski definition) is 9. The fraction of sp³-hybridized carbons (Fsp3) is 0.611. The van der Waals surface area contributed by atoms with E-state index in [-0.39, 0.29) is 13.0 Å². The van der Waals surface area contributed by atoms with Gasteiger partial charge in [-0.15, -0.1) is 5.92 Å². The molecule has 256 valence electrons. The summed E-state index contributed by atoms with van der Waals surface area (Å²) >= 11 is 0. The third kappa shape index (κ3) is 15.5. The highest BCUT2D eigenvalue weighted by molar-refractivity contribution is 5.92. The number of methoxy groups -OCH3 is 1. The number of aliphatic carboxylic acids is 1. The van der Waals surface area contributed by atoms with Gasteiger partial charge in [0.25, 0.3) is 0 Å². The molecule has 0 unspecified atom stereocenters. The van der Waals surface area contributed by atoms with Crippen LogP contribution in [0.3, 0.4) is 0 Å². The van der Waals surface area contributed by atoms with Crippen LogP contribution in [0.25, 0.3) is 0 Å². The maximum Gasteiger partial charge on any atom is 0.328 e. The summed E-state index contributed by atoms with van der Waals surface area (Å²) in [5.41, 5.74) is -2.05.